The third-order valence-electron chi connectivity index (χ3n) is 5.46. The van der Waals surface area contributed by atoms with E-state index in [4.69, 9.17) is 16.6 Å². The number of aromatic nitrogens is 2. The van der Waals surface area contributed by atoms with Gasteiger partial charge in [-0.05, 0) is 55.4 Å². The highest BCUT2D eigenvalue weighted by atomic mass is 35.5. The first-order valence-electron chi connectivity index (χ1n) is 9.70. The van der Waals surface area contributed by atoms with Gasteiger partial charge in [-0.15, -0.1) is 11.3 Å². The Hall–Kier alpha value is -1.98. The van der Waals surface area contributed by atoms with Crippen LogP contribution in [-0.2, 0) is 30.6 Å². The van der Waals surface area contributed by atoms with Crippen LogP contribution in [0.2, 0.25) is 5.02 Å². The summed E-state index contributed by atoms with van der Waals surface area (Å²) >= 11 is 7.66. The molecule has 2 heterocycles. The van der Waals surface area contributed by atoms with Gasteiger partial charge in [0, 0.05) is 29.3 Å². The molecule has 0 amide bonds. The number of rotatable bonds is 5. The van der Waals surface area contributed by atoms with Crippen molar-refractivity contribution in [2.75, 3.05) is 0 Å². The number of ketones is 1. The highest BCUT2D eigenvalue weighted by molar-refractivity contribution is 7.18. The Morgan fingerprint density at radius 1 is 1.32 bits per heavy atom. The quantitative estimate of drug-likeness (QED) is 0.602. The largest absolute Gasteiger partial charge is 0.300 e. The molecule has 0 spiro atoms. The molecule has 4 nitrogen and oxygen atoms in total. The van der Waals surface area contributed by atoms with E-state index >= 15 is 0 Å². The molecule has 1 aliphatic rings. The number of carbonyl (C=O) groups excluding carboxylic acids is 1. The molecule has 146 valence electrons. The van der Waals surface area contributed by atoms with Crippen LogP contribution in [0.25, 0.3) is 10.2 Å². The van der Waals surface area contributed by atoms with Gasteiger partial charge in [0.05, 0.1) is 5.39 Å². The lowest BCUT2D eigenvalue weighted by Gasteiger charge is -2.18. The van der Waals surface area contributed by atoms with E-state index in [9.17, 15) is 9.59 Å². The molecule has 0 saturated carbocycles. The molecular formula is C22H23ClN2O2S. The lowest BCUT2D eigenvalue weighted by atomic mass is 9.89. The molecule has 28 heavy (non-hydrogen) atoms. The number of benzene rings is 1. The monoisotopic (exact) mass is 414 g/mol. The van der Waals surface area contributed by atoms with Crippen LogP contribution >= 0.6 is 22.9 Å². The molecule has 0 aliphatic heterocycles. The topological polar surface area (TPSA) is 52.0 Å². The van der Waals surface area contributed by atoms with E-state index in [-0.39, 0.29) is 11.3 Å². The fourth-order valence-corrected chi connectivity index (χ4v) is 5.40. The summed E-state index contributed by atoms with van der Waals surface area (Å²) in [5.74, 6) is 1.44. The Bertz CT molecular complexity index is 1100. The minimum atomic E-state index is 0.00210. The van der Waals surface area contributed by atoms with E-state index in [0.29, 0.717) is 36.2 Å². The van der Waals surface area contributed by atoms with Crippen LogP contribution in [0.5, 0.6) is 0 Å². The first kappa shape index (κ1) is 19.3. The molecule has 0 radical (unpaired) electrons. The minimum Gasteiger partial charge on any atom is -0.300 e. The Morgan fingerprint density at radius 2 is 2.07 bits per heavy atom. The van der Waals surface area contributed by atoms with Gasteiger partial charge < -0.3 is 0 Å². The van der Waals surface area contributed by atoms with E-state index in [1.54, 1.807) is 22.8 Å². The normalized spacial score (nSPS) is 16.3. The standard InChI is InChI=1S/C22H23ClN2O2S/c1-13-3-8-17-18(11-13)28-21-20(17)22(27)25(10-9-14(2)26)19(24-21)12-15-4-6-16(23)7-5-15/h4-7,13H,3,8-12H2,1-2H3. The fraction of sp³-hybridized carbons (Fsp3) is 0.409. The van der Waals surface area contributed by atoms with Gasteiger partial charge in [0.15, 0.2) is 0 Å². The SMILES string of the molecule is CC(=O)CCn1c(Cc2ccc(Cl)cc2)nc2sc3c(c2c1=O)CCC(C)C3. The average molecular weight is 415 g/mol. The zero-order valence-electron chi connectivity index (χ0n) is 16.1. The second-order valence-electron chi connectivity index (χ2n) is 7.77. The lowest BCUT2D eigenvalue weighted by Crippen LogP contribution is -2.27. The number of fused-ring (bicyclic) bond motifs is 3. The lowest BCUT2D eigenvalue weighted by molar-refractivity contribution is -0.117. The maximum absolute atomic E-state index is 13.4. The van der Waals surface area contributed by atoms with E-state index in [1.807, 2.05) is 24.3 Å². The smallest absolute Gasteiger partial charge is 0.262 e. The Balaban J connectivity index is 1.84. The zero-order chi connectivity index (χ0) is 19.8. The zero-order valence-corrected chi connectivity index (χ0v) is 17.7. The maximum Gasteiger partial charge on any atom is 0.262 e. The van der Waals surface area contributed by atoms with Gasteiger partial charge in [-0.2, -0.15) is 0 Å². The molecule has 0 fully saturated rings. The predicted octanol–water partition coefficient (Wildman–Crippen LogP) is 4.81. The third-order valence-corrected chi connectivity index (χ3v) is 6.86. The van der Waals surface area contributed by atoms with Gasteiger partial charge in [0.2, 0.25) is 0 Å². The van der Waals surface area contributed by atoms with Crippen molar-refractivity contribution in [1.82, 2.24) is 9.55 Å². The van der Waals surface area contributed by atoms with E-state index < -0.39 is 0 Å². The van der Waals surface area contributed by atoms with Crippen molar-refractivity contribution in [3.05, 3.63) is 61.5 Å². The summed E-state index contributed by atoms with van der Waals surface area (Å²) in [6.07, 6.45) is 3.95. The molecule has 0 N–H and O–H groups in total. The number of Topliss-reactive ketones (excluding diaryl/α,β-unsaturated/α-hetero) is 1. The Labute approximate surface area is 173 Å². The molecule has 2 aromatic heterocycles. The molecule has 3 aromatic rings. The van der Waals surface area contributed by atoms with Crippen LogP contribution in [0, 0.1) is 5.92 Å². The number of nitrogens with zero attached hydrogens (tertiary/aromatic N) is 2. The molecule has 4 rings (SSSR count). The first-order valence-corrected chi connectivity index (χ1v) is 10.9. The number of thiophene rings is 1. The molecule has 1 atom stereocenters. The first-order chi connectivity index (χ1) is 13.4. The number of halogens is 1. The molecule has 1 unspecified atom stereocenters. The van der Waals surface area contributed by atoms with Crippen molar-refractivity contribution in [1.29, 1.82) is 0 Å². The molecule has 1 aromatic carbocycles. The van der Waals surface area contributed by atoms with Gasteiger partial charge in [-0.1, -0.05) is 30.7 Å². The third kappa shape index (κ3) is 3.78. The van der Waals surface area contributed by atoms with Crippen LogP contribution in [-0.4, -0.2) is 15.3 Å². The summed E-state index contributed by atoms with van der Waals surface area (Å²) in [6.45, 7) is 4.20. The molecule has 0 bridgehead atoms. The van der Waals surface area contributed by atoms with Crippen LogP contribution < -0.4 is 5.56 Å². The van der Waals surface area contributed by atoms with Crippen LogP contribution in [0.4, 0.5) is 0 Å². The van der Waals surface area contributed by atoms with Gasteiger partial charge in [-0.3, -0.25) is 14.2 Å². The summed E-state index contributed by atoms with van der Waals surface area (Å²) in [7, 11) is 0. The second-order valence-corrected chi connectivity index (χ2v) is 9.29. The number of hydrogen-bond donors (Lipinski definition) is 0. The fourth-order valence-electron chi connectivity index (χ4n) is 3.89. The van der Waals surface area contributed by atoms with Crippen LogP contribution in [0.15, 0.2) is 29.1 Å². The van der Waals surface area contributed by atoms with E-state index in [1.165, 1.54) is 10.4 Å². The van der Waals surface area contributed by atoms with Gasteiger partial charge >= 0.3 is 0 Å². The van der Waals surface area contributed by atoms with Crippen molar-refractivity contribution in [3.63, 3.8) is 0 Å². The summed E-state index contributed by atoms with van der Waals surface area (Å²) in [5, 5.41) is 1.46. The molecule has 0 saturated heterocycles. The van der Waals surface area contributed by atoms with E-state index in [0.717, 1.165) is 35.0 Å². The van der Waals surface area contributed by atoms with Gasteiger partial charge in [-0.25, -0.2) is 4.98 Å². The molecule has 6 heteroatoms. The van der Waals surface area contributed by atoms with Crippen molar-refractivity contribution < 1.29 is 4.79 Å². The molecular weight excluding hydrogens is 392 g/mol. The number of carbonyl (C=O) groups is 1. The number of aryl methyl sites for hydroxylation is 1. The minimum absolute atomic E-state index is 0.00210. The number of hydrogen-bond acceptors (Lipinski definition) is 4. The summed E-state index contributed by atoms with van der Waals surface area (Å²) in [4.78, 5) is 32.0. The maximum atomic E-state index is 13.4. The average Bonchev–Trinajstić information content (AvgIpc) is 3.00. The van der Waals surface area contributed by atoms with Gasteiger partial charge in [0.1, 0.15) is 16.4 Å². The summed E-state index contributed by atoms with van der Waals surface area (Å²) < 4.78 is 1.71. The Kier molecular flexibility index (Phi) is 5.39. The highest BCUT2D eigenvalue weighted by Crippen LogP contribution is 2.36. The summed E-state index contributed by atoms with van der Waals surface area (Å²) in [6, 6.07) is 7.60. The highest BCUT2D eigenvalue weighted by Gasteiger charge is 2.24. The van der Waals surface area contributed by atoms with Crippen LogP contribution in [0.3, 0.4) is 0 Å². The van der Waals surface area contributed by atoms with Crippen molar-refractivity contribution in [3.8, 4) is 0 Å². The second kappa shape index (κ2) is 7.80. The van der Waals surface area contributed by atoms with Crippen LogP contribution in [0.1, 0.15) is 48.5 Å². The Morgan fingerprint density at radius 3 is 2.79 bits per heavy atom. The predicted molar refractivity (Wildman–Crippen MR) is 115 cm³/mol. The molecule has 1 aliphatic carbocycles. The van der Waals surface area contributed by atoms with Crippen molar-refractivity contribution >= 4 is 38.9 Å². The van der Waals surface area contributed by atoms with Crippen molar-refractivity contribution in [2.24, 2.45) is 5.92 Å². The van der Waals surface area contributed by atoms with E-state index in [2.05, 4.69) is 6.92 Å². The van der Waals surface area contributed by atoms with Crippen molar-refractivity contribution in [2.45, 2.75) is 52.5 Å². The van der Waals surface area contributed by atoms with Gasteiger partial charge in [0.25, 0.3) is 5.56 Å². The summed E-state index contributed by atoms with van der Waals surface area (Å²) in [5.41, 5.74) is 2.23.